The van der Waals surface area contributed by atoms with Crippen LogP contribution in [0.3, 0.4) is 0 Å². The van der Waals surface area contributed by atoms with Crippen LogP contribution in [0.15, 0.2) is 46.2 Å². The average Bonchev–Trinajstić information content (AvgIpc) is 3.05. The molecular weight excluding hydrogens is 338 g/mol. The first-order valence-corrected chi connectivity index (χ1v) is 8.91. The van der Waals surface area contributed by atoms with Gasteiger partial charge >= 0.3 is 5.69 Å². The predicted molar refractivity (Wildman–Crippen MR) is 89.5 cm³/mol. The molecule has 0 atom stereocenters. The van der Waals surface area contributed by atoms with Gasteiger partial charge in [0.15, 0.2) is 5.52 Å². The second kappa shape index (κ2) is 7.29. The Morgan fingerprint density at radius 2 is 2.09 bits per heavy atom. The molecule has 0 aliphatic heterocycles. The van der Waals surface area contributed by atoms with Crippen molar-refractivity contribution in [2.45, 2.75) is 5.03 Å². The lowest BCUT2D eigenvalue weighted by molar-refractivity contribution is -0.383. The number of hydrogen-bond donors (Lipinski definition) is 1. The number of fused-ring (bicyclic) bond motifs is 1. The standard InChI is InChI=1S/C13H11N5O3S2/c19-18(20)10-5-4-9(12-13(10)17-21-16-12)14-7-8-22-23-11-3-1-2-6-15-11/h1-6,14H,7-8H2. The second-order valence-corrected chi connectivity index (χ2v) is 6.79. The Balaban J connectivity index is 1.57. The van der Waals surface area contributed by atoms with Crippen LogP contribution in [0.4, 0.5) is 11.4 Å². The fraction of sp³-hybridized carbons (Fsp3) is 0.154. The highest BCUT2D eigenvalue weighted by Gasteiger charge is 2.19. The molecule has 1 aromatic carbocycles. The topological polar surface area (TPSA) is 107 Å². The number of non-ortho nitro benzene ring substituents is 1. The minimum atomic E-state index is -0.504. The van der Waals surface area contributed by atoms with Gasteiger partial charge in [-0.1, -0.05) is 16.9 Å². The molecule has 2 aromatic heterocycles. The van der Waals surface area contributed by atoms with Gasteiger partial charge in [-0.3, -0.25) is 10.1 Å². The van der Waals surface area contributed by atoms with Crippen LogP contribution < -0.4 is 5.32 Å². The molecule has 118 valence electrons. The maximum atomic E-state index is 10.9. The molecule has 10 heteroatoms. The number of pyridine rings is 1. The van der Waals surface area contributed by atoms with E-state index in [1.807, 2.05) is 18.2 Å². The van der Waals surface area contributed by atoms with Gasteiger partial charge < -0.3 is 5.32 Å². The number of nitrogens with zero attached hydrogens (tertiary/aromatic N) is 4. The minimum absolute atomic E-state index is 0.119. The SMILES string of the molecule is O=[N+]([O-])c1ccc(NCCSSc2ccccn2)c2nonc12. The monoisotopic (exact) mass is 349 g/mol. The van der Waals surface area contributed by atoms with Gasteiger partial charge in [0.2, 0.25) is 5.52 Å². The summed E-state index contributed by atoms with van der Waals surface area (Å²) in [5.74, 6) is 0.824. The molecular formula is C13H11N5O3S2. The smallest absolute Gasteiger partial charge is 0.300 e. The normalized spacial score (nSPS) is 10.8. The first-order chi connectivity index (χ1) is 11.3. The Labute approximate surface area is 138 Å². The molecule has 0 aliphatic carbocycles. The molecule has 2 heterocycles. The number of benzene rings is 1. The lowest BCUT2D eigenvalue weighted by atomic mass is 10.2. The van der Waals surface area contributed by atoms with Crippen LogP contribution in [0.2, 0.25) is 0 Å². The summed E-state index contributed by atoms with van der Waals surface area (Å²) >= 11 is 0. The van der Waals surface area contributed by atoms with E-state index in [0.717, 1.165) is 10.8 Å². The zero-order valence-corrected chi connectivity index (χ0v) is 13.3. The Morgan fingerprint density at radius 3 is 2.87 bits per heavy atom. The number of hydrogen-bond acceptors (Lipinski definition) is 9. The van der Waals surface area contributed by atoms with Crippen molar-refractivity contribution in [2.24, 2.45) is 0 Å². The van der Waals surface area contributed by atoms with Gasteiger partial charge in [-0.25, -0.2) is 9.61 Å². The number of nitro benzene ring substituents is 1. The van der Waals surface area contributed by atoms with Gasteiger partial charge in [-0.05, 0) is 39.3 Å². The summed E-state index contributed by atoms with van der Waals surface area (Å²) in [5, 5.41) is 22.4. The Morgan fingerprint density at radius 1 is 1.22 bits per heavy atom. The third kappa shape index (κ3) is 3.71. The molecule has 8 nitrogen and oxygen atoms in total. The number of nitro groups is 1. The molecule has 0 radical (unpaired) electrons. The van der Waals surface area contributed by atoms with Crippen molar-refractivity contribution in [1.82, 2.24) is 15.3 Å². The van der Waals surface area contributed by atoms with Crippen LogP contribution in [-0.2, 0) is 0 Å². The average molecular weight is 349 g/mol. The lowest BCUT2D eigenvalue weighted by Gasteiger charge is -2.05. The molecule has 0 saturated heterocycles. The maximum absolute atomic E-state index is 10.9. The molecule has 1 N–H and O–H groups in total. The Bertz CT molecular complexity index is 812. The zero-order valence-electron chi connectivity index (χ0n) is 11.7. The highest BCUT2D eigenvalue weighted by molar-refractivity contribution is 8.76. The van der Waals surface area contributed by atoms with E-state index in [1.54, 1.807) is 33.9 Å². The highest BCUT2D eigenvalue weighted by Crippen LogP contribution is 2.30. The molecule has 23 heavy (non-hydrogen) atoms. The van der Waals surface area contributed by atoms with E-state index in [2.05, 4.69) is 25.2 Å². The van der Waals surface area contributed by atoms with Gasteiger partial charge in [0.25, 0.3) is 0 Å². The fourth-order valence-electron chi connectivity index (χ4n) is 1.87. The van der Waals surface area contributed by atoms with Gasteiger partial charge in [-0.2, -0.15) is 0 Å². The molecule has 3 rings (SSSR count). The van der Waals surface area contributed by atoms with E-state index >= 15 is 0 Å². The predicted octanol–water partition coefficient (Wildman–Crippen LogP) is 3.38. The van der Waals surface area contributed by atoms with Gasteiger partial charge in [0.05, 0.1) is 10.6 Å². The van der Waals surface area contributed by atoms with E-state index in [4.69, 9.17) is 0 Å². The number of aromatic nitrogens is 3. The summed E-state index contributed by atoms with van der Waals surface area (Å²) in [6, 6.07) is 8.78. The van der Waals surface area contributed by atoms with Gasteiger partial charge in [-0.15, -0.1) is 0 Å². The van der Waals surface area contributed by atoms with Gasteiger partial charge in [0.1, 0.15) is 5.03 Å². The van der Waals surface area contributed by atoms with E-state index in [9.17, 15) is 10.1 Å². The van der Waals surface area contributed by atoms with Crippen LogP contribution in [0, 0.1) is 10.1 Å². The van der Waals surface area contributed by atoms with Crippen molar-refractivity contribution in [3.63, 3.8) is 0 Å². The third-order valence-corrected chi connectivity index (χ3v) is 5.14. The van der Waals surface area contributed by atoms with Crippen LogP contribution in [0.1, 0.15) is 0 Å². The number of rotatable bonds is 7. The lowest BCUT2D eigenvalue weighted by Crippen LogP contribution is -2.04. The summed E-state index contributed by atoms with van der Waals surface area (Å²) < 4.78 is 4.62. The summed E-state index contributed by atoms with van der Waals surface area (Å²) in [6.45, 7) is 0.671. The fourth-order valence-corrected chi connectivity index (χ4v) is 3.65. The van der Waals surface area contributed by atoms with Crippen LogP contribution in [-0.4, -0.2) is 32.5 Å². The molecule has 0 amide bonds. The maximum Gasteiger partial charge on any atom is 0.300 e. The van der Waals surface area contributed by atoms with Crippen molar-refractivity contribution < 1.29 is 9.55 Å². The van der Waals surface area contributed by atoms with E-state index in [1.165, 1.54) is 6.07 Å². The highest BCUT2D eigenvalue weighted by atomic mass is 33.1. The zero-order chi connectivity index (χ0) is 16.1. The summed E-state index contributed by atoms with van der Waals surface area (Å²) in [6.07, 6.45) is 1.76. The third-order valence-electron chi connectivity index (χ3n) is 2.87. The summed E-state index contributed by atoms with van der Waals surface area (Å²) in [4.78, 5) is 14.6. The van der Waals surface area contributed by atoms with Crippen molar-refractivity contribution in [3.8, 4) is 0 Å². The van der Waals surface area contributed by atoms with Gasteiger partial charge in [0, 0.05) is 24.6 Å². The Kier molecular flexibility index (Phi) is 4.93. The van der Waals surface area contributed by atoms with E-state index in [0.29, 0.717) is 17.7 Å². The molecule has 0 fully saturated rings. The molecule has 0 aliphatic rings. The Hall–Kier alpha value is -2.33. The summed E-state index contributed by atoms with van der Waals surface area (Å²) in [7, 11) is 3.26. The van der Waals surface area contributed by atoms with Crippen molar-refractivity contribution in [2.75, 3.05) is 17.6 Å². The number of anilines is 1. The van der Waals surface area contributed by atoms with Crippen LogP contribution >= 0.6 is 21.6 Å². The molecule has 0 saturated carbocycles. The molecule has 0 bridgehead atoms. The molecule has 3 aromatic rings. The largest absolute Gasteiger partial charge is 0.382 e. The van der Waals surface area contributed by atoms with E-state index < -0.39 is 4.92 Å². The van der Waals surface area contributed by atoms with E-state index in [-0.39, 0.29) is 11.2 Å². The van der Waals surface area contributed by atoms with Crippen molar-refractivity contribution in [3.05, 3.63) is 46.6 Å². The van der Waals surface area contributed by atoms with Crippen LogP contribution in [0.25, 0.3) is 11.0 Å². The van der Waals surface area contributed by atoms with Crippen molar-refractivity contribution in [1.29, 1.82) is 0 Å². The second-order valence-electron chi connectivity index (χ2n) is 4.35. The van der Waals surface area contributed by atoms with Crippen LogP contribution in [0.5, 0.6) is 0 Å². The minimum Gasteiger partial charge on any atom is -0.382 e. The number of nitrogens with one attached hydrogen (secondary N) is 1. The molecule has 0 spiro atoms. The first-order valence-electron chi connectivity index (χ1n) is 6.60. The molecule has 0 unspecified atom stereocenters. The quantitative estimate of drug-likeness (QED) is 0.297. The van der Waals surface area contributed by atoms with Crippen molar-refractivity contribution >= 4 is 44.0 Å². The first kappa shape index (κ1) is 15.6. The summed E-state index contributed by atoms with van der Waals surface area (Å²) in [5.41, 5.74) is 1.05.